The Bertz CT molecular complexity index is 233. The summed E-state index contributed by atoms with van der Waals surface area (Å²) in [7, 11) is -0.610. The van der Waals surface area contributed by atoms with Gasteiger partial charge in [0.1, 0.15) is 0 Å². The first-order chi connectivity index (χ1) is 6.59. The average Bonchev–Trinajstić information content (AvgIpc) is 2.31. The van der Waals surface area contributed by atoms with Gasteiger partial charge in [-0.25, -0.2) is 0 Å². The van der Waals surface area contributed by atoms with E-state index in [-0.39, 0.29) is 5.92 Å². The Morgan fingerprint density at radius 2 is 2.29 bits per heavy atom. The molecule has 1 heterocycles. The summed E-state index contributed by atoms with van der Waals surface area (Å²) in [6.45, 7) is 4.90. The molecule has 1 fully saturated rings. The highest BCUT2D eigenvalue weighted by Crippen LogP contribution is 2.05. The molecule has 0 amide bonds. The number of hydrogen-bond donors (Lipinski definition) is 1. The van der Waals surface area contributed by atoms with E-state index in [1.165, 1.54) is 0 Å². The van der Waals surface area contributed by atoms with Gasteiger partial charge in [-0.15, -0.1) is 0 Å². The number of thiocarbonyl (C=S) groups is 1. The fourth-order valence-electron chi connectivity index (χ4n) is 1.55. The van der Waals surface area contributed by atoms with Gasteiger partial charge >= 0.3 is 0 Å². The summed E-state index contributed by atoms with van der Waals surface area (Å²) in [6, 6.07) is 0. The summed E-state index contributed by atoms with van der Waals surface area (Å²) in [5.74, 6) is 1.90. The molecule has 2 unspecified atom stereocenters. The van der Waals surface area contributed by atoms with Crippen LogP contribution in [0.25, 0.3) is 0 Å². The van der Waals surface area contributed by atoms with E-state index in [1.807, 2.05) is 6.92 Å². The molecule has 1 aliphatic rings. The predicted octanol–water partition coefficient (Wildman–Crippen LogP) is 0.363. The first-order valence-corrected chi connectivity index (χ1v) is 6.86. The average molecular weight is 234 g/mol. The summed E-state index contributed by atoms with van der Waals surface area (Å²) >= 11 is 4.93. The summed E-state index contributed by atoms with van der Waals surface area (Å²) in [5, 5.41) is 0. The molecular formula is C9H18N2OS2. The van der Waals surface area contributed by atoms with Crippen LogP contribution in [0.2, 0.25) is 0 Å². The number of rotatable bonds is 3. The van der Waals surface area contributed by atoms with Crippen molar-refractivity contribution in [3.63, 3.8) is 0 Å². The van der Waals surface area contributed by atoms with Gasteiger partial charge in [0.15, 0.2) is 0 Å². The molecule has 1 saturated heterocycles. The van der Waals surface area contributed by atoms with Gasteiger partial charge in [-0.3, -0.25) is 4.21 Å². The minimum Gasteiger partial charge on any atom is -0.393 e. The van der Waals surface area contributed by atoms with E-state index in [9.17, 15) is 4.21 Å². The Balaban J connectivity index is 2.37. The Hall–Kier alpha value is -0.0000000000000000278. The van der Waals surface area contributed by atoms with E-state index in [2.05, 4.69) is 4.90 Å². The Morgan fingerprint density at radius 1 is 1.57 bits per heavy atom. The quantitative estimate of drug-likeness (QED) is 0.717. The van der Waals surface area contributed by atoms with Gasteiger partial charge in [0.05, 0.1) is 4.99 Å². The first-order valence-electron chi connectivity index (χ1n) is 4.96. The highest BCUT2D eigenvalue weighted by Gasteiger charge is 2.16. The molecule has 0 spiro atoms. The van der Waals surface area contributed by atoms with Gasteiger partial charge in [0.2, 0.25) is 0 Å². The van der Waals surface area contributed by atoms with Crippen molar-refractivity contribution in [1.29, 1.82) is 0 Å². The standard InChI is InChI=1S/C9H18N2OS2/c1-8(9(10)13)7-11-3-2-5-14(12)6-4-11/h8H,2-7H2,1H3,(H2,10,13). The second-order valence-electron chi connectivity index (χ2n) is 3.81. The number of nitrogens with two attached hydrogens (primary N) is 1. The molecule has 14 heavy (non-hydrogen) atoms. The molecule has 3 nitrogen and oxygen atoms in total. The Labute approximate surface area is 93.5 Å². The van der Waals surface area contributed by atoms with Crippen molar-refractivity contribution in [2.75, 3.05) is 31.1 Å². The lowest BCUT2D eigenvalue weighted by Gasteiger charge is -2.22. The largest absolute Gasteiger partial charge is 0.393 e. The molecule has 2 N–H and O–H groups in total. The molecule has 2 atom stereocenters. The van der Waals surface area contributed by atoms with Crippen LogP contribution in [-0.4, -0.2) is 45.2 Å². The molecule has 1 rings (SSSR count). The second-order valence-corrected chi connectivity index (χ2v) is 5.97. The highest BCUT2D eigenvalue weighted by molar-refractivity contribution is 7.85. The van der Waals surface area contributed by atoms with Gasteiger partial charge in [-0.1, -0.05) is 19.1 Å². The molecule has 0 bridgehead atoms. The van der Waals surface area contributed by atoms with Crippen molar-refractivity contribution in [1.82, 2.24) is 4.90 Å². The molecule has 0 saturated carbocycles. The first kappa shape index (κ1) is 12.1. The van der Waals surface area contributed by atoms with Crippen LogP contribution >= 0.6 is 12.2 Å². The summed E-state index contributed by atoms with van der Waals surface area (Å²) in [6.07, 6.45) is 1.02. The normalized spacial score (nSPS) is 26.8. The Morgan fingerprint density at radius 3 is 2.93 bits per heavy atom. The molecule has 0 aromatic rings. The van der Waals surface area contributed by atoms with Crippen molar-refractivity contribution in [2.45, 2.75) is 13.3 Å². The fraction of sp³-hybridized carbons (Fsp3) is 0.889. The summed E-state index contributed by atoms with van der Waals surface area (Å²) in [5.41, 5.74) is 5.56. The molecule has 0 aromatic carbocycles. The molecule has 1 aliphatic heterocycles. The molecular weight excluding hydrogens is 216 g/mol. The van der Waals surface area contributed by atoms with Crippen LogP contribution in [0, 0.1) is 5.92 Å². The zero-order chi connectivity index (χ0) is 10.6. The SMILES string of the molecule is CC(CN1CCCS(=O)CC1)C(N)=S. The molecule has 0 radical (unpaired) electrons. The summed E-state index contributed by atoms with van der Waals surface area (Å²) in [4.78, 5) is 2.89. The molecule has 0 aliphatic carbocycles. The maximum atomic E-state index is 11.3. The van der Waals surface area contributed by atoms with E-state index >= 15 is 0 Å². The van der Waals surface area contributed by atoms with E-state index in [0.29, 0.717) is 4.99 Å². The van der Waals surface area contributed by atoms with Crippen LogP contribution in [0.5, 0.6) is 0 Å². The maximum Gasteiger partial charge on any atom is 0.0768 e. The zero-order valence-corrected chi connectivity index (χ0v) is 10.2. The number of hydrogen-bond acceptors (Lipinski definition) is 3. The van der Waals surface area contributed by atoms with Crippen molar-refractivity contribution in [3.05, 3.63) is 0 Å². The molecule has 0 aromatic heterocycles. The van der Waals surface area contributed by atoms with Crippen LogP contribution in [0.4, 0.5) is 0 Å². The van der Waals surface area contributed by atoms with Crippen LogP contribution in [0.3, 0.4) is 0 Å². The van der Waals surface area contributed by atoms with Gasteiger partial charge in [0.25, 0.3) is 0 Å². The van der Waals surface area contributed by atoms with E-state index in [0.717, 1.165) is 37.6 Å². The van der Waals surface area contributed by atoms with Crippen molar-refractivity contribution in [3.8, 4) is 0 Å². The van der Waals surface area contributed by atoms with E-state index in [1.54, 1.807) is 0 Å². The summed E-state index contributed by atoms with van der Waals surface area (Å²) < 4.78 is 11.3. The van der Waals surface area contributed by atoms with E-state index in [4.69, 9.17) is 18.0 Å². The van der Waals surface area contributed by atoms with Crippen molar-refractivity contribution in [2.24, 2.45) is 11.7 Å². The highest BCUT2D eigenvalue weighted by atomic mass is 32.2. The van der Waals surface area contributed by atoms with Crippen LogP contribution in [0.1, 0.15) is 13.3 Å². The van der Waals surface area contributed by atoms with Crippen LogP contribution in [0.15, 0.2) is 0 Å². The lowest BCUT2D eigenvalue weighted by atomic mass is 10.1. The van der Waals surface area contributed by atoms with Crippen molar-refractivity contribution >= 4 is 28.0 Å². The van der Waals surface area contributed by atoms with Gasteiger partial charge in [0, 0.05) is 41.3 Å². The lowest BCUT2D eigenvalue weighted by Crippen LogP contribution is -2.35. The van der Waals surface area contributed by atoms with Gasteiger partial charge in [-0.05, 0) is 13.0 Å². The molecule has 82 valence electrons. The zero-order valence-electron chi connectivity index (χ0n) is 8.57. The van der Waals surface area contributed by atoms with Crippen molar-refractivity contribution < 1.29 is 4.21 Å². The third-order valence-corrected chi connectivity index (χ3v) is 4.28. The van der Waals surface area contributed by atoms with Crippen LogP contribution < -0.4 is 5.73 Å². The monoisotopic (exact) mass is 234 g/mol. The third-order valence-electron chi connectivity index (χ3n) is 2.50. The fourth-order valence-corrected chi connectivity index (χ4v) is 2.75. The molecule has 5 heteroatoms. The maximum absolute atomic E-state index is 11.3. The van der Waals surface area contributed by atoms with Crippen LogP contribution in [-0.2, 0) is 10.8 Å². The number of nitrogens with zero attached hydrogens (tertiary/aromatic N) is 1. The second kappa shape index (κ2) is 5.78. The third kappa shape index (κ3) is 4.02. The minimum absolute atomic E-state index is 0.261. The van der Waals surface area contributed by atoms with Gasteiger partial charge in [-0.2, -0.15) is 0 Å². The topological polar surface area (TPSA) is 46.3 Å². The predicted molar refractivity (Wildman–Crippen MR) is 64.9 cm³/mol. The van der Waals surface area contributed by atoms with E-state index < -0.39 is 10.8 Å². The lowest BCUT2D eigenvalue weighted by molar-refractivity contribution is 0.279. The Kier molecular flexibility index (Phi) is 4.98. The minimum atomic E-state index is -0.610. The van der Waals surface area contributed by atoms with Gasteiger partial charge < -0.3 is 10.6 Å². The smallest absolute Gasteiger partial charge is 0.0768 e.